The lowest BCUT2D eigenvalue weighted by Crippen LogP contribution is -2.22. The lowest BCUT2D eigenvalue weighted by Gasteiger charge is -2.14. The van der Waals surface area contributed by atoms with Crippen LogP contribution in [0.5, 0.6) is 5.75 Å². The van der Waals surface area contributed by atoms with Gasteiger partial charge in [-0.25, -0.2) is 0 Å². The molecule has 0 aliphatic heterocycles. The van der Waals surface area contributed by atoms with Crippen molar-refractivity contribution in [2.24, 2.45) is 0 Å². The van der Waals surface area contributed by atoms with E-state index >= 15 is 0 Å². The first-order valence-electron chi connectivity index (χ1n) is 5.56. The van der Waals surface area contributed by atoms with Gasteiger partial charge in [-0.2, -0.15) is 5.26 Å². The van der Waals surface area contributed by atoms with Crippen LogP contribution in [0.1, 0.15) is 16.8 Å². The van der Waals surface area contributed by atoms with E-state index in [4.69, 9.17) is 10.00 Å². The number of hydrogen-bond acceptors (Lipinski definition) is 4. The smallest absolute Gasteiger partial charge is 0.253 e. The number of nitriles is 1. The fourth-order valence-corrected chi connectivity index (χ4v) is 1.46. The minimum atomic E-state index is -0.449. The van der Waals surface area contributed by atoms with Gasteiger partial charge in [0.25, 0.3) is 5.91 Å². The number of nitrogens with zero attached hydrogens (tertiary/aromatic N) is 2. The summed E-state index contributed by atoms with van der Waals surface area (Å²) in [4.78, 5) is 24.7. The van der Waals surface area contributed by atoms with Gasteiger partial charge in [0.2, 0.25) is 5.91 Å². The Bertz CT molecular complexity index is 532. The maximum atomic E-state index is 11.8. The number of benzene rings is 1. The second kappa shape index (κ2) is 6.40. The summed E-state index contributed by atoms with van der Waals surface area (Å²) in [6.07, 6.45) is -0.255. The molecule has 1 aromatic rings. The van der Waals surface area contributed by atoms with Gasteiger partial charge in [-0.05, 0) is 18.2 Å². The van der Waals surface area contributed by atoms with Crippen LogP contribution in [-0.4, -0.2) is 37.9 Å². The molecule has 0 saturated heterocycles. The molecular weight excluding hydrogens is 246 g/mol. The van der Waals surface area contributed by atoms with Crippen molar-refractivity contribution in [1.29, 1.82) is 5.26 Å². The van der Waals surface area contributed by atoms with Gasteiger partial charge in [0, 0.05) is 19.7 Å². The summed E-state index contributed by atoms with van der Waals surface area (Å²) in [5.41, 5.74) is 0.800. The first-order chi connectivity index (χ1) is 8.99. The van der Waals surface area contributed by atoms with Crippen LogP contribution in [0, 0.1) is 11.3 Å². The SMILES string of the molecule is COc1ccc(C(=O)N(C)C)cc1NC(=O)CC#N. The first kappa shape index (κ1) is 14.5. The van der Waals surface area contributed by atoms with E-state index < -0.39 is 5.91 Å². The second-order valence-electron chi connectivity index (χ2n) is 4.00. The van der Waals surface area contributed by atoms with Crippen molar-refractivity contribution in [3.8, 4) is 11.8 Å². The van der Waals surface area contributed by atoms with Crippen LogP contribution in [0.25, 0.3) is 0 Å². The maximum absolute atomic E-state index is 11.8. The molecule has 2 amide bonds. The molecule has 1 rings (SSSR count). The third-order valence-electron chi connectivity index (χ3n) is 2.37. The minimum absolute atomic E-state index is 0.182. The largest absolute Gasteiger partial charge is 0.495 e. The number of carbonyl (C=O) groups excluding carboxylic acids is 2. The Morgan fingerprint density at radius 1 is 1.42 bits per heavy atom. The fourth-order valence-electron chi connectivity index (χ4n) is 1.46. The van der Waals surface area contributed by atoms with Crippen molar-refractivity contribution in [2.75, 3.05) is 26.5 Å². The van der Waals surface area contributed by atoms with E-state index in [2.05, 4.69) is 5.32 Å². The summed E-state index contributed by atoms with van der Waals surface area (Å²) in [6, 6.07) is 6.49. The van der Waals surface area contributed by atoms with Crippen molar-refractivity contribution >= 4 is 17.5 Å². The van der Waals surface area contributed by atoms with Crippen LogP contribution in [0.4, 0.5) is 5.69 Å². The average molecular weight is 261 g/mol. The van der Waals surface area contributed by atoms with Crippen LogP contribution in [0.2, 0.25) is 0 Å². The summed E-state index contributed by atoms with van der Waals surface area (Å²) < 4.78 is 5.10. The fraction of sp³-hybridized carbons (Fsp3) is 0.308. The van der Waals surface area contributed by atoms with Crippen LogP contribution in [-0.2, 0) is 4.79 Å². The van der Waals surface area contributed by atoms with Gasteiger partial charge in [0.15, 0.2) is 0 Å². The monoisotopic (exact) mass is 261 g/mol. The zero-order valence-electron chi connectivity index (χ0n) is 11.1. The van der Waals surface area contributed by atoms with Crippen LogP contribution >= 0.6 is 0 Å². The number of anilines is 1. The molecule has 0 atom stereocenters. The third kappa shape index (κ3) is 3.71. The third-order valence-corrected chi connectivity index (χ3v) is 2.37. The predicted octanol–water partition coefficient (Wildman–Crippen LogP) is 1.25. The van der Waals surface area contributed by atoms with E-state index in [-0.39, 0.29) is 12.3 Å². The highest BCUT2D eigenvalue weighted by atomic mass is 16.5. The molecular formula is C13H15N3O3. The molecule has 1 N–H and O–H groups in total. The zero-order chi connectivity index (χ0) is 14.4. The highest BCUT2D eigenvalue weighted by Gasteiger charge is 2.13. The molecule has 6 heteroatoms. The molecule has 0 aromatic heterocycles. The van der Waals surface area contributed by atoms with E-state index in [0.717, 1.165) is 0 Å². The normalized spacial score (nSPS) is 9.37. The summed E-state index contributed by atoms with van der Waals surface area (Å²) in [5.74, 6) is -0.199. The van der Waals surface area contributed by atoms with Crippen molar-refractivity contribution < 1.29 is 14.3 Å². The molecule has 1 aromatic carbocycles. The molecule has 0 saturated carbocycles. The molecule has 0 spiro atoms. The van der Waals surface area contributed by atoms with Gasteiger partial charge in [-0.15, -0.1) is 0 Å². The molecule has 0 fully saturated rings. The Labute approximate surface area is 111 Å². The number of hydrogen-bond donors (Lipinski definition) is 1. The van der Waals surface area contributed by atoms with Crippen molar-refractivity contribution in [3.63, 3.8) is 0 Å². The van der Waals surface area contributed by atoms with Gasteiger partial charge in [-0.1, -0.05) is 0 Å². The molecule has 19 heavy (non-hydrogen) atoms. The number of nitrogens with one attached hydrogen (secondary N) is 1. The van der Waals surface area contributed by atoms with Gasteiger partial charge >= 0.3 is 0 Å². The molecule has 0 heterocycles. The minimum Gasteiger partial charge on any atom is -0.495 e. The topological polar surface area (TPSA) is 82.4 Å². The van der Waals surface area contributed by atoms with Gasteiger partial charge in [0.1, 0.15) is 12.2 Å². The zero-order valence-corrected chi connectivity index (χ0v) is 11.1. The van der Waals surface area contributed by atoms with Gasteiger partial charge in [-0.3, -0.25) is 9.59 Å². The summed E-state index contributed by atoms with van der Waals surface area (Å²) in [6.45, 7) is 0. The maximum Gasteiger partial charge on any atom is 0.253 e. The lowest BCUT2D eigenvalue weighted by atomic mass is 10.1. The number of methoxy groups -OCH3 is 1. The van der Waals surface area contributed by atoms with E-state index in [1.807, 2.05) is 0 Å². The standard InChI is InChI=1S/C13H15N3O3/c1-16(2)13(18)9-4-5-11(19-3)10(8-9)15-12(17)6-7-14/h4-5,8H,6H2,1-3H3,(H,15,17). The molecule has 100 valence electrons. The molecule has 6 nitrogen and oxygen atoms in total. The van der Waals surface area contributed by atoms with Crippen molar-refractivity contribution in [3.05, 3.63) is 23.8 Å². The van der Waals surface area contributed by atoms with E-state index in [1.165, 1.54) is 18.1 Å². The first-order valence-corrected chi connectivity index (χ1v) is 5.56. The quantitative estimate of drug-likeness (QED) is 0.884. The Morgan fingerprint density at radius 2 is 2.11 bits per heavy atom. The predicted molar refractivity (Wildman–Crippen MR) is 69.9 cm³/mol. The average Bonchev–Trinajstić information content (AvgIpc) is 2.37. The van der Waals surface area contributed by atoms with Crippen LogP contribution < -0.4 is 10.1 Å². The highest BCUT2D eigenvalue weighted by molar-refractivity contribution is 5.98. The van der Waals surface area contributed by atoms with Crippen molar-refractivity contribution in [2.45, 2.75) is 6.42 Å². The Balaban J connectivity index is 3.06. The van der Waals surface area contributed by atoms with E-state index in [1.54, 1.807) is 32.3 Å². The Hall–Kier alpha value is -2.55. The second-order valence-corrected chi connectivity index (χ2v) is 4.00. The Kier molecular flexibility index (Phi) is 4.89. The number of rotatable bonds is 4. The molecule has 0 bridgehead atoms. The highest BCUT2D eigenvalue weighted by Crippen LogP contribution is 2.26. The van der Waals surface area contributed by atoms with Crippen LogP contribution in [0.15, 0.2) is 18.2 Å². The summed E-state index contributed by atoms with van der Waals surface area (Å²) in [5, 5.41) is 11.0. The van der Waals surface area contributed by atoms with Gasteiger partial charge in [0.05, 0.1) is 18.9 Å². The molecule has 0 radical (unpaired) electrons. The van der Waals surface area contributed by atoms with Gasteiger partial charge < -0.3 is 15.0 Å². The lowest BCUT2D eigenvalue weighted by molar-refractivity contribution is -0.115. The molecule has 0 aliphatic carbocycles. The Morgan fingerprint density at radius 3 is 2.63 bits per heavy atom. The summed E-state index contributed by atoms with van der Waals surface area (Å²) >= 11 is 0. The van der Waals surface area contributed by atoms with Crippen LogP contribution in [0.3, 0.4) is 0 Å². The number of ether oxygens (including phenoxy) is 1. The van der Waals surface area contributed by atoms with Crippen molar-refractivity contribution in [1.82, 2.24) is 4.90 Å². The number of carbonyl (C=O) groups is 2. The summed E-state index contributed by atoms with van der Waals surface area (Å²) in [7, 11) is 4.74. The van der Waals surface area contributed by atoms with E-state index in [9.17, 15) is 9.59 Å². The van der Waals surface area contributed by atoms with E-state index in [0.29, 0.717) is 17.0 Å². The molecule has 0 unspecified atom stereocenters. The number of amides is 2. The molecule has 0 aliphatic rings.